The Morgan fingerprint density at radius 1 is 1.36 bits per heavy atom. The van der Waals surface area contributed by atoms with Crippen LogP contribution in [-0.4, -0.2) is 10.9 Å². The number of hydrogen-bond acceptors (Lipinski definition) is 2. The highest BCUT2D eigenvalue weighted by molar-refractivity contribution is 5.85. The largest absolute Gasteiger partial charge is 0.357 e. The molecule has 0 fully saturated rings. The zero-order chi connectivity index (χ0) is 16.5. The number of fused-ring (bicyclic) bond motifs is 1. The van der Waals surface area contributed by atoms with E-state index in [1.165, 1.54) is 11.1 Å². The Morgan fingerprint density at radius 3 is 2.64 bits per heavy atom. The molecule has 1 aromatic carbocycles. The fourth-order valence-electron chi connectivity index (χ4n) is 2.54. The van der Waals surface area contributed by atoms with Crippen LogP contribution >= 0.6 is 0 Å². The van der Waals surface area contributed by atoms with Gasteiger partial charge in [0.25, 0.3) is 0 Å². The number of nitrogens with zero attached hydrogens (tertiary/aromatic N) is 1. The van der Waals surface area contributed by atoms with Crippen LogP contribution in [0.15, 0.2) is 18.2 Å². The fourth-order valence-corrected chi connectivity index (χ4v) is 2.54. The van der Waals surface area contributed by atoms with Crippen molar-refractivity contribution in [3.63, 3.8) is 0 Å². The van der Waals surface area contributed by atoms with Crippen LogP contribution < -0.4 is 5.32 Å². The van der Waals surface area contributed by atoms with E-state index < -0.39 is 5.41 Å². The van der Waals surface area contributed by atoms with Crippen molar-refractivity contribution in [3.8, 4) is 6.07 Å². The number of carbonyl (C=O) groups is 1. The van der Waals surface area contributed by atoms with Crippen LogP contribution in [0.5, 0.6) is 0 Å². The van der Waals surface area contributed by atoms with Crippen molar-refractivity contribution in [3.05, 3.63) is 35.0 Å². The van der Waals surface area contributed by atoms with E-state index in [0.717, 1.165) is 16.6 Å². The van der Waals surface area contributed by atoms with Crippen molar-refractivity contribution >= 4 is 16.8 Å². The molecule has 1 heterocycles. The van der Waals surface area contributed by atoms with Crippen LogP contribution in [0.1, 0.15) is 50.4 Å². The van der Waals surface area contributed by atoms with E-state index in [9.17, 15) is 4.79 Å². The molecule has 2 N–H and O–H groups in total. The molecule has 0 bridgehead atoms. The molecule has 0 spiro atoms. The second-order valence-corrected chi connectivity index (χ2v) is 6.66. The third-order valence-electron chi connectivity index (χ3n) is 3.97. The van der Waals surface area contributed by atoms with Crippen molar-refractivity contribution < 1.29 is 4.79 Å². The van der Waals surface area contributed by atoms with Crippen molar-refractivity contribution in [1.29, 1.82) is 5.26 Å². The highest BCUT2D eigenvalue weighted by Gasteiger charge is 2.26. The summed E-state index contributed by atoms with van der Waals surface area (Å²) in [6.45, 7) is 10.1. The fraction of sp³-hybridized carbons (Fsp3) is 0.444. The molecule has 0 aliphatic heterocycles. The predicted octanol–water partition coefficient (Wildman–Crippen LogP) is 3.77. The van der Waals surface area contributed by atoms with Gasteiger partial charge in [-0.25, -0.2) is 0 Å². The van der Waals surface area contributed by atoms with Gasteiger partial charge in [0, 0.05) is 11.2 Å². The quantitative estimate of drug-likeness (QED) is 0.902. The van der Waals surface area contributed by atoms with Crippen LogP contribution in [0.4, 0.5) is 0 Å². The molecule has 4 nitrogen and oxygen atoms in total. The average molecular weight is 297 g/mol. The SMILES string of the molecule is Cc1cc2cc(CNC(=O)C(C)(C)C#N)[nH]c2cc1C(C)C. The first-order valence-corrected chi connectivity index (χ1v) is 7.56. The molecule has 1 amide bonds. The summed E-state index contributed by atoms with van der Waals surface area (Å²) in [4.78, 5) is 15.3. The molecule has 2 rings (SSSR count). The van der Waals surface area contributed by atoms with Gasteiger partial charge in [0.05, 0.1) is 12.6 Å². The minimum atomic E-state index is -1.01. The highest BCUT2D eigenvalue weighted by atomic mass is 16.2. The Hall–Kier alpha value is -2.28. The normalized spacial score (nSPS) is 11.7. The molecular weight excluding hydrogens is 274 g/mol. The van der Waals surface area contributed by atoms with Gasteiger partial charge in [-0.05, 0) is 61.4 Å². The number of amides is 1. The van der Waals surface area contributed by atoms with Crippen LogP contribution in [0, 0.1) is 23.7 Å². The molecule has 2 aromatic rings. The number of hydrogen-bond donors (Lipinski definition) is 2. The molecule has 0 atom stereocenters. The van der Waals surface area contributed by atoms with Crippen molar-refractivity contribution in [2.45, 2.75) is 47.1 Å². The molecular formula is C18H23N3O. The number of carbonyl (C=O) groups excluding carboxylic acids is 1. The Labute approximate surface area is 131 Å². The lowest BCUT2D eigenvalue weighted by atomic mass is 9.95. The monoisotopic (exact) mass is 297 g/mol. The zero-order valence-electron chi connectivity index (χ0n) is 13.9. The van der Waals surface area contributed by atoms with Gasteiger partial charge in [-0.1, -0.05) is 13.8 Å². The number of H-pyrrole nitrogens is 1. The Balaban J connectivity index is 2.21. The van der Waals surface area contributed by atoms with E-state index in [0.29, 0.717) is 12.5 Å². The Bertz CT molecular complexity index is 748. The summed E-state index contributed by atoms with van der Waals surface area (Å²) in [6.07, 6.45) is 0. The van der Waals surface area contributed by atoms with Crippen molar-refractivity contribution in [2.24, 2.45) is 5.41 Å². The summed E-state index contributed by atoms with van der Waals surface area (Å²) in [5.41, 5.74) is 3.63. The predicted molar refractivity (Wildman–Crippen MR) is 88.4 cm³/mol. The van der Waals surface area contributed by atoms with Crippen LogP contribution in [0.2, 0.25) is 0 Å². The number of nitrogens with one attached hydrogen (secondary N) is 2. The second-order valence-electron chi connectivity index (χ2n) is 6.66. The summed E-state index contributed by atoms with van der Waals surface area (Å²) in [5, 5.41) is 12.9. The summed E-state index contributed by atoms with van der Waals surface area (Å²) >= 11 is 0. The van der Waals surface area contributed by atoms with Gasteiger partial charge < -0.3 is 10.3 Å². The molecule has 1 aromatic heterocycles. The molecule has 0 saturated heterocycles. The second kappa shape index (κ2) is 5.84. The third-order valence-corrected chi connectivity index (χ3v) is 3.97. The van der Waals surface area contributed by atoms with Crippen molar-refractivity contribution in [1.82, 2.24) is 10.3 Å². The van der Waals surface area contributed by atoms with E-state index >= 15 is 0 Å². The summed E-state index contributed by atoms with van der Waals surface area (Å²) < 4.78 is 0. The molecule has 0 aliphatic carbocycles. The van der Waals surface area contributed by atoms with Gasteiger partial charge in [0.2, 0.25) is 5.91 Å². The van der Waals surface area contributed by atoms with Crippen LogP contribution in [0.3, 0.4) is 0 Å². The maximum atomic E-state index is 11.9. The Kier molecular flexibility index (Phi) is 4.27. The first-order chi connectivity index (χ1) is 10.2. The van der Waals surface area contributed by atoms with E-state index in [1.54, 1.807) is 13.8 Å². The lowest BCUT2D eigenvalue weighted by Gasteiger charge is -2.14. The topological polar surface area (TPSA) is 68.7 Å². The molecule has 22 heavy (non-hydrogen) atoms. The number of nitriles is 1. The molecule has 0 unspecified atom stereocenters. The smallest absolute Gasteiger partial charge is 0.240 e. The van der Waals surface area contributed by atoms with Gasteiger partial charge in [-0.15, -0.1) is 0 Å². The lowest BCUT2D eigenvalue weighted by molar-refractivity contribution is -0.126. The molecule has 0 saturated carbocycles. The van der Waals surface area contributed by atoms with Gasteiger partial charge in [0.1, 0.15) is 5.41 Å². The van der Waals surface area contributed by atoms with Gasteiger partial charge in [0.15, 0.2) is 0 Å². The first kappa shape index (κ1) is 16.1. The number of aromatic nitrogens is 1. The van der Waals surface area contributed by atoms with Crippen LogP contribution in [-0.2, 0) is 11.3 Å². The number of rotatable bonds is 4. The van der Waals surface area contributed by atoms with E-state index in [4.69, 9.17) is 5.26 Å². The van der Waals surface area contributed by atoms with E-state index in [1.807, 2.05) is 12.1 Å². The summed E-state index contributed by atoms with van der Waals surface area (Å²) in [5.74, 6) is 0.222. The molecule has 0 aliphatic rings. The minimum absolute atomic E-state index is 0.257. The maximum absolute atomic E-state index is 11.9. The minimum Gasteiger partial charge on any atom is -0.357 e. The lowest BCUT2D eigenvalue weighted by Crippen LogP contribution is -2.35. The van der Waals surface area contributed by atoms with Crippen molar-refractivity contribution in [2.75, 3.05) is 0 Å². The summed E-state index contributed by atoms with van der Waals surface area (Å²) in [6, 6.07) is 8.41. The zero-order valence-corrected chi connectivity index (χ0v) is 13.9. The maximum Gasteiger partial charge on any atom is 0.240 e. The average Bonchev–Trinajstić information content (AvgIpc) is 2.85. The van der Waals surface area contributed by atoms with E-state index in [2.05, 4.69) is 43.2 Å². The van der Waals surface area contributed by atoms with Gasteiger partial charge >= 0.3 is 0 Å². The third kappa shape index (κ3) is 3.14. The van der Waals surface area contributed by atoms with Gasteiger partial charge in [-0.3, -0.25) is 4.79 Å². The Morgan fingerprint density at radius 2 is 2.05 bits per heavy atom. The van der Waals surface area contributed by atoms with Gasteiger partial charge in [-0.2, -0.15) is 5.26 Å². The molecule has 0 radical (unpaired) electrons. The molecule has 4 heteroatoms. The number of aromatic amines is 1. The first-order valence-electron chi connectivity index (χ1n) is 7.56. The standard InChI is InChI=1S/C18H23N3O/c1-11(2)15-8-16-13(6-12(15)3)7-14(21-16)9-20-17(22)18(4,5)10-19/h6-8,11,21H,9H2,1-5H3,(H,20,22). The number of benzene rings is 1. The van der Waals surface area contributed by atoms with E-state index in [-0.39, 0.29) is 5.91 Å². The summed E-state index contributed by atoms with van der Waals surface area (Å²) in [7, 11) is 0. The van der Waals surface area contributed by atoms with Crippen LogP contribution in [0.25, 0.3) is 10.9 Å². The molecule has 116 valence electrons. The number of aryl methyl sites for hydroxylation is 1. The highest BCUT2D eigenvalue weighted by Crippen LogP contribution is 2.25.